The molecule has 9 rings (SSSR count). The Morgan fingerprint density at radius 3 is 2.46 bits per heavy atom. The Morgan fingerprint density at radius 1 is 0.986 bits per heavy atom. The van der Waals surface area contributed by atoms with Crippen LogP contribution in [-0.4, -0.2) is 132 Å². The van der Waals surface area contributed by atoms with E-state index >= 15 is 0 Å². The Kier molecular flexibility index (Phi) is 13.6. The van der Waals surface area contributed by atoms with E-state index in [0.29, 0.717) is 42.0 Å². The van der Waals surface area contributed by atoms with Crippen molar-refractivity contribution < 1.29 is 33.6 Å². The third kappa shape index (κ3) is 10.0. The number of aryl methyl sites for hydroxylation is 1. The average molecular weight is 982 g/mol. The molecule has 7 heterocycles. The summed E-state index contributed by atoms with van der Waals surface area (Å²) in [5.41, 5.74) is 5.17. The summed E-state index contributed by atoms with van der Waals surface area (Å²) in [6, 6.07) is 11.3. The van der Waals surface area contributed by atoms with Crippen molar-refractivity contribution in [2.75, 3.05) is 77.8 Å². The quantitative estimate of drug-likeness (QED) is 0.0883. The topological polar surface area (TPSA) is 214 Å². The number of hydrogen-bond donors (Lipinski definition) is 5. The number of aliphatic hydroxyl groups is 1. The minimum absolute atomic E-state index is 0.00368. The number of anilines is 6. The number of piperazine rings is 1. The number of aromatic nitrogens is 4. The first-order valence-corrected chi connectivity index (χ1v) is 26.1. The summed E-state index contributed by atoms with van der Waals surface area (Å²) < 4.78 is 20.4. The number of phosphoric ester groups is 1. The molecular formula is C50H68N11O8P. The van der Waals surface area contributed by atoms with Crippen LogP contribution in [0.15, 0.2) is 66.2 Å². The fourth-order valence-corrected chi connectivity index (χ4v) is 12.4. The van der Waals surface area contributed by atoms with Gasteiger partial charge in [-0.2, -0.15) is 0 Å². The SMILES string of the molecule is C=CC(=O)Nc1cc(Nc2nc(N3CCCC(N4CCn5c(cc6c5CC(C)(C)C6)C4=O)C3CO)cn(C)c2=O)ccc1N1CCN(C2CCN(c3ccnc(C(C)(C)OP(=O)(O)O)c3)CC2)C[C@@H]1C. The molecule has 70 heavy (non-hydrogen) atoms. The van der Waals surface area contributed by atoms with Crippen LogP contribution >= 0.6 is 7.82 Å². The molecule has 3 atom stereocenters. The van der Waals surface area contributed by atoms with Gasteiger partial charge in [0.15, 0.2) is 5.82 Å². The molecule has 376 valence electrons. The molecule has 0 bridgehead atoms. The largest absolute Gasteiger partial charge is 0.470 e. The summed E-state index contributed by atoms with van der Waals surface area (Å²) in [6.45, 7) is 19.2. The van der Waals surface area contributed by atoms with Gasteiger partial charge in [0.05, 0.1) is 35.8 Å². The maximum atomic E-state index is 14.2. The fourth-order valence-electron chi connectivity index (χ4n) is 11.7. The number of phosphoric acid groups is 1. The number of carbonyl (C=O) groups is 2. The van der Waals surface area contributed by atoms with Gasteiger partial charge in [0.25, 0.3) is 11.5 Å². The first kappa shape index (κ1) is 49.4. The number of carbonyl (C=O) groups excluding carboxylic acids is 2. The minimum Gasteiger partial charge on any atom is -0.394 e. The van der Waals surface area contributed by atoms with Gasteiger partial charge in [0, 0.05) is 101 Å². The molecule has 5 N–H and O–H groups in total. The molecule has 20 heteroatoms. The lowest BCUT2D eigenvalue weighted by Crippen LogP contribution is -2.60. The normalized spacial score (nSPS) is 22.2. The van der Waals surface area contributed by atoms with Crippen molar-refractivity contribution in [3.8, 4) is 0 Å². The number of rotatable bonds is 13. The lowest BCUT2D eigenvalue weighted by atomic mass is 9.90. The van der Waals surface area contributed by atoms with E-state index in [4.69, 9.17) is 9.51 Å². The number of piperidine rings is 2. The molecule has 19 nitrogen and oxygen atoms in total. The zero-order valence-corrected chi connectivity index (χ0v) is 42.1. The van der Waals surface area contributed by atoms with Gasteiger partial charge in [-0.1, -0.05) is 20.4 Å². The van der Waals surface area contributed by atoms with Crippen molar-refractivity contribution in [2.45, 2.75) is 109 Å². The van der Waals surface area contributed by atoms with Crippen molar-refractivity contribution in [2.24, 2.45) is 12.5 Å². The Labute approximate surface area is 409 Å². The summed E-state index contributed by atoms with van der Waals surface area (Å²) in [6.07, 6.45) is 9.88. The van der Waals surface area contributed by atoms with E-state index in [2.05, 4.69) is 68.3 Å². The number of aliphatic hydroxyl groups excluding tert-OH is 1. The standard InChI is InChI=1S/C50H68N11O8P/c1-8-45(63)53-37-25-34(11-12-38(37)58-21-20-57(29-32(58)2)35-14-18-56(19-15-35)36-13-16-51-43(26-36)50(5,6)69-70(66,67)68)52-46-48(65)55(7)30-44(54-46)60-17-9-10-39(42(60)31-62)61-23-22-59-40(47(61)64)24-33-27-49(3,4)28-41(33)59/h8,11-13,16,24-26,30,32,35,39,42,62H,1,9-10,14-15,17-23,27-29,31H2,2-7H3,(H,52,54)(H,53,63)(H2,66,67,68)/t32-,39?,42?/m0/s1. The second-order valence-electron chi connectivity index (χ2n) is 21.0. The summed E-state index contributed by atoms with van der Waals surface area (Å²) in [4.78, 5) is 80.0. The van der Waals surface area contributed by atoms with Crippen LogP contribution in [0.1, 0.15) is 87.7 Å². The molecule has 1 aromatic carbocycles. The van der Waals surface area contributed by atoms with Crippen molar-refractivity contribution in [1.29, 1.82) is 0 Å². The van der Waals surface area contributed by atoms with Gasteiger partial charge in [-0.05, 0) is 113 Å². The highest BCUT2D eigenvalue weighted by atomic mass is 31.2. The van der Waals surface area contributed by atoms with Crippen molar-refractivity contribution in [3.05, 3.63) is 94.4 Å². The van der Waals surface area contributed by atoms with Gasteiger partial charge in [0.2, 0.25) is 5.91 Å². The highest BCUT2D eigenvalue weighted by Crippen LogP contribution is 2.45. The van der Waals surface area contributed by atoms with Crippen LogP contribution < -0.4 is 30.9 Å². The summed E-state index contributed by atoms with van der Waals surface area (Å²) >= 11 is 0. The fraction of sp³-hybridized carbons (Fsp3) is 0.540. The average Bonchev–Trinajstić information content (AvgIpc) is 3.81. The lowest BCUT2D eigenvalue weighted by Gasteiger charge is -2.47. The highest BCUT2D eigenvalue weighted by molar-refractivity contribution is 7.46. The third-order valence-electron chi connectivity index (χ3n) is 15.1. The molecular weight excluding hydrogens is 914 g/mol. The molecule has 3 saturated heterocycles. The molecule has 4 aliphatic heterocycles. The van der Waals surface area contributed by atoms with E-state index in [1.54, 1.807) is 33.3 Å². The van der Waals surface area contributed by atoms with Gasteiger partial charge in [0.1, 0.15) is 17.1 Å². The molecule has 3 aromatic heterocycles. The zero-order valence-electron chi connectivity index (χ0n) is 41.2. The first-order chi connectivity index (χ1) is 33.2. The summed E-state index contributed by atoms with van der Waals surface area (Å²) in [5.74, 6) is 0.233. The zero-order chi connectivity index (χ0) is 49.9. The molecule has 2 amide bonds. The number of amides is 2. The predicted octanol–water partition coefficient (Wildman–Crippen LogP) is 4.98. The maximum Gasteiger partial charge on any atom is 0.470 e. The number of hydrogen-bond acceptors (Lipinski definition) is 13. The van der Waals surface area contributed by atoms with Crippen LogP contribution in [-0.2, 0) is 45.9 Å². The van der Waals surface area contributed by atoms with E-state index < -0.39 is 19.5 Å². The predicted molar refractivity (Wildman–Crippen MR) is 270 cm³/mol. The number of benzene rings is 1. The van der Waals surface area contributed by atoms with E-state index in [1.165, 1.54) is 21.9 Å². The lowest BCUT2D eigenvalue weighted by molar-refractivity contribution is -0.111. The number of nitrogens with zero attached hydrogens (tertiary/aromatic N) is 9. The van der Waals surface area contributed by atoms with Crippen LogP contribution in [0.2, 0.25) is 0 Å². The van der Waals surface area contributed by atoms with E-state index in [-0.39, 0.29) is 47.3 Å². The van der Waals surface area contributed by atoms with Gasteiger partial charge in [-0.25, -0.2) is 9.55 Å². The second-order valence-corrected chi connectivity index (χ2v) is 22.1. The number of nitrogens with one attached hydrogen (secondary N) is 2. The second kappa shape index (κ2) is 19.2. The molecule has 3 fully saturated rings. The maximum absolute atomic E-state index is 14.2. The number of pyridine rings is 1. The molecule has 0 saturated carbocycles. The van der Waals surface area contributed by atoms with E-state index in [0.717, 1.165) is 94.9 Å². The van der Waals surface area contributed by atoms with Crippen LogP contribution in [0.3, 0.4) is 0 Å². The Balaban J connectivity index is 0.873. The van der Waals surface area contributed by atoms with Crippen molar-refractivity contribution in [3.63, 3.8) is 0 Å². The van der Waals surface area contributed by atoms with Gasteiger partial charge in [-0.15, -0.1) is 0 Å². The summed E-state index contributed by atoms with van der Waals surface area (Å²) in [7, 11) is -3.05. The Bertz CT molecular complexity index is 2760. The first-order valence-electron chi connectivity index (χ1n) is 24.5. The third-order valence-corrected chi connectivity index (χ3v) is 15.8. The molecule has 0 spiro atoms. The van der Waals surface area contributed by atoms with Gasteiger partial charge < -0.3 is 54.3 Å². The van der Waals surface area contributed by atoms with Crippen molar-refractivity contribution >= 4 is 54.0 Å². The van der Waals surface area contributed by atoms with Crippen LogP contribution in [0.25, 0.3) is 0 Å². The van der Waals surface area contributed by atoms with Crippen LogP contribution in [0.5, 0.6) is 0 Å². The molecule has 4 aromatic rings. The van der Waals surface area contributed by atoms with E-state index in [1.807, 2.05) is 40.1 Å². The molecule has 2 unspecified atom stereocenters. The Hall–Kier alpha value is -5.56. The van der Waals surface area contributed by atoms with Gasteiger partial charge in [-0.3, -0.25) is 28.8 Å². The summed E-state index contributed by atoms with van der Waals surface area (Å²) in [5, 5.41) is 17.2. The molecule has 1 aliphatic carbocycles. The number of fused-ring (bicyclic) bond motifs is 3. The van der Waals surface area contributed by atoms with Gasteiger partial charge >= 0.3 is 7.82 Å². The Morgan fingerprint density at radius 2 is 1.74 bits per heavy atom. The van der Waals surface area contributed by atoms with Crippen LogP contribution in [0, 0.1) is 5.41 Å². The highest BCUT2D eigenvalue weighted by Gasteiger charge is 2.43. The minimum atomic E-state index is -4.72. The smallest absolute Gasteiger partial charge is 0.394 e. The van der Waals surface area contributed by atoms with Crippen molar-refractivity contribution in [1.82, 2.24) is 28.9 Å². The van der Waals surface area contributed by atoms with E-state index in [9.17, 15) is 33.8 Å². The molecule has 0 radical (unpaired) electrons. The molecule has 5 aliphatic rings. The monoisotopic (exact) mass is 981 g/mol. The van der Waals surface area contributed by atoms with Crippen LogP contribution in [0.4, 0.5) is 34.4 Å².